The molecule has 1 aliphatic rings. The number of rotatable bonds is 6. The van der Waals surface area contributed by atoms with Crippen LogP contribution in [0.25, 0.3) is 0 Å². The number of hydrogen-bond acceptors (Lipinski definition) is 7. The number of ether oxygens (including phenoxy) is 1. The van der Waals surface area contributed by atoms with E-state index in [2.05, 4.69) is 27.6 Å². The van der Waals surface area contributed by atoms with E-state index in [4.69, 9.17) is 10.00 Å². The maximum atomic E-state index is 12.7. The standard InChI is InChI=1S/C24H23N5O3S/c1-15(22(30)26-18-8-6-16(13-25)7-9-18)32-19-5-3-4-17(12-19)23(31)28-24-27-20-10-11-29(2)14-21(20)33-24/h3-9,12,15H,10-11,14H2,1-2H3,(H,26,30)(H,27,28,31)/t15-/m0/s1. The van der Waals surface area contributed by atoms with Gasteiger partial charge in [0.1, 0.15) is 5.75 Å². The molecule has 0 bridgehead atoms. The van der Waals surface area contributed by atoms with Crippen LogP contribution in [-0.4, -0.2) is 41.4 Å². The fourth-order valence-corrected chi connectivity index (χ4v) is 4.47. The summed E-state index contributed by atoms with van der Waals surface area (Å²) in [6, 6.07) is 15.3. The molecule has 2 amide bonds. The summed E-state index contributed by atoms with van der Waals surface area (Å²) in [5, 5.41) is 15.1. The van der Waals surface area contributed by atoms with Crippen LogP contribution in [0.4, 0.5) is 10.8 Å². The van der Waals surface area contributed by atoms with Crippen LogP contribution < -0.4 is 15.4 Å². The Labute approximate surface area is 195 Å². The number of aromatic nitrogens is 1. The monoisotopic (exact) mass is 461 g/mol. The molecule has 0 saturated heterocycles. The lowest BCUT2D eigenvalue weighted by molar-refractivity contribution is -0.122. The maximum Gasteiger partial charge on any atom is 0.265 e. The Bertz CT molecular complexity index is 1220. The van der Waals surface area contributed by atoms with Gasteiger partial charge in [-0.3, -0.25) is 14.9 Å². The zero-order valence-electron chi connectivity index (χ0n) is 18.3. The van der Waals surface area contributed by atoms with E-state index in [-0.39, 0.29) is 11.8 Å². The summed E-state index contributed by atoms with van der Waals surface area (Å²) < 4.78 is 5.75. The Morgan fingerprint density at radius 3 is 2.76 bits per heavy atom. The maximum absolute atomic E-state index is 12.7. The van der Waals surface area contributed by atoms with Gasteiger partial charge in [0.05, 0.1) is 17.3 Å². The van der Waals surface area contributed by atoms with E-state index in [0.717, 1.165) is 25.2 Å². The third-order valence-corrected chi connectivity index (χ3v) is 6.20. The second-order valence-electron chi connectivity index (χ2n) is 7.80. The lowest BCUT2D eigenvalue weighted by Crippen LogP contribution is -2.30. The van der Waals surface area contributed by atoms with E-state index in [1.54, 1.807) is 55.5 Å². The molecule has 8 nitrogen and oxygen atoms in total. The summed E-state index contributed by atoms with van der Waals surface area (Å²) in [4.78, 5) is 33.2. The summed E-state index contributed by atoms with van der Waals surface area (Å²) in [7, 11) is 2.07. The topological polar surface area (TPSA) is 107 Å². The van der Waals surface area contributed by atoms with E-state index in [1.807, 2.05) is 6.07 Å². The predicted octanol–water partition coefficient (Wildman–Crippen LogP) is 3.66. The highest BCUT2D eigenvalue weighted by Gasteiger charge is 2.20. The molecule has 0 spiro atoms. The van der Waals surface area contributed by atoms with Crippen molar-refractivity contribution in [1.29, 1.82) is 5.26 Å². The van der Waals surface area contributed by atoms with Gasteiger partial charge in [0.15, 0.2) is 11.2 Å². The van der Waals surface area contributed by atoms with Gasteiger partial charge in [-0.2, -0.15) is 5.26 Å². The molecule has 4 rings (SSSR count). The minimum atomic E-state index is -0.790. The number of nitrogens with zero attached hydrogens (tertiary/aromatic N) is 3. The molecule has 0 saturated carbocycles. The number of hydrogen-bond donors (Lipinski definition) is 2. The van der Waals surface area contributed by atoms with E-state index < -0.39 is 6.10 Å². The molecular formula is C24H23N5O3S. The lowest BCUT2D eigenvalue weighted by Gasteiger charge is -2.20. The summed E-state index contributed by atoms with van der Waals surface area (Å²) in [6.07, 6.45) is 0.0888. The van der Waals surface area contributed by atoms with Crippen LogP contribution >= 0.6 is 11.3 Å². The Hall–Kier alpha value is -3.74. The first-order chi connectivity index (χ1) is 15.9. The van der Waals surface area contributed by atoms with Gasteiger partial charge < -0.3 is 15.0 Å². The van der Waals surface area contributed by atoms with Gasteiger partial charge in [-0.05, 0) is 56.4 Å². The number of carbonyl (C=O) groups excluding carboxylic acids is 2. The van der Waals surface area contributed by atoms with Crippen molar-refractivity contribution in [3.8, 4) is 11.8 Å². The first-order valence-corrected chi connectivity index (χ1v) is 11.3. The molecular weight excluding hydrogens is 438 g/mol. The number of nitrogens with one attached hydrogen (secondary N) is 2. The van der Waals surface area contributed by atoms with E-state index in [0.29, 0.717) is 27.7 Å². The Morgan fingerprint density at radius 1 is 1.21 bits per heavy atom. The molecule has 1 aliphatic heterocycles. The molecule has 0 fully saturated rings. The second kappa shape index (κ2) is 9.81. The van der Waals surface area contributed by atoms with Gasteiger partial charge in [-0.15, -0.1) is 11.3 Å². The SMILES string of the molecule is C[C@H](Oc1cccc(C(=O)Nc2nc3c(s2)CN(C)CC3)c1)C(=O)Nc1ccc(C#N)cc1. The molecule has 1 aromatic heterocycles. The molecule has 0 unspecified atom stereocenters. The number of fused-ring (bicyclic) bond motifs is 1. The van der Waals surface area contributed by atoms with E-state index in [9.17, 15) is 9.59 Å². The zero-order chi connectivity index (χ0) is 23.4. The summed E-state index contributed by atoms with van der Waals surface area (Å²) in [6.45, 7) is 3.43. The number of likely N-dealkylation sites (N-methyl/N-ethyl adjacent to an activating group) is 1. The van der Waals surface area contributed by atoms with Crippen molar-refractivity contribution < 1.29 is 14.3 Å². The molecule has 2 heterocycles. The van der Waals surface area contributed by atoms with Crippen LogP contribution in [0.3, 0.4) is 0 Å². The predicted molar refractivity (Wildman–Crippen MR) is 126 cm³/mol. The minimum Gasteiger partial charge on any atom is -0.481 e. The van der Waals surface area contributed by atoms with Crippen LogP contribution in [-0.2, 0) is 17.8 Å². The lowest BCUT2D eigenvalue weighted by atomic mass is 10.2. The highest BCUT2D eigenvalue weighted by Crippen LogP contribution is 2.28. The summed E-state index contributed by atoms with van der Waals surface area (Å²) in [5.41, 5.74) is 2.54. The van der Waals surface area contributed by atoms with Gasteiger partial charge >= 0.3 is 0 Å². The van der Waals surface area contributed by atoms with E-state index >= 15 is 0 Å². The fourth-order valence-electron chi connectivity index (χ4n) is 3.39. The van der Waals surface area contributed by atoms with Crippen LogP contribution in [0, 0.1) is 11.3 Å². The first kappa shape index (κ1) is 22.5. The van der Waals surface area contributed by atoms with Gasteiger partial charge in [0.25, 0.3) is 11.8 Å². The van der Waals surface area contributed by atoms with Crippen molar-refractivity contribution in [3.05, 3.63) is 70.2 Å². The van der Waals surface area contributed by atoms with Crippen molar-refractivity contribution >= 4 is 34.0 Å². The number of anilines is 2. The van der Waals surface area contributed by atoms with Crippen LogP contribution in [0.1, 0.15) is 33.4 Å². The van der Waals surface area contributed by atoms with Crippen LogP contribution in [0.15, 0.2) is 48.5 Å². The molecule has 0 aliphatic carbocycles. The van der Waals surface area contributed by atoms with Crippen molar-refractivity contribution in [2.75, 3.05) is 24.2 Å². The van der Waals surface area contributed by atoms with Gasteiger partial charge in [-0.25, -0.2) is 4.98 Å². The highest BCUT2D eigenvalue weighted by molar-refractivity contribution is 7.15. The van der Waals surface area contributed by atoms with Crippen molar-refractivity contribution in [2.24, 2.45) is 0 Å². The molecule has 9 heteroatoms. The quantitative estimate of drug-likeness (QED) is 0.580. The zero-order valence-corrected chi connectivity index (χ0v) is 19.1. The van der Waals surface area contributed by atoms with Crippen molar-refractivity contribution in [3.63, 3.8) is 0 Å². The number of thiazole rings is 1. The molecule has 2 aromatic carbocycles. The fraction of sp³-hybridized carbons (Fsp3) is 0.250. The van der Waals surface area contributed by atoms with Gasteiger partial charge in [0.2, 0.25) is 0 Å². The van der Waals surface area contributed by atoms with E-state index in [1.165, 1.54) is 16.2 Å². The smallest absolute Gasteiger partial charge is 0.265 e. The summed E-state index contributed by atoms with van der Waals surface area (Å²) >= 11 is 1.50. The number of carbonyl (C=O) groups is 2. The third kappa shape index (κ3) is 5.55. The molecule has 2 N–H and O–H groups in total. The van der Waals surface area contributed by atoms with Crippen molar-refractivity contribution in [2.45, 2.75) is 26.0 Å². The Kier molecular flexibility index (Phi) is 6.68. The Morgan fingerprint density at radius 2 is 2.00 bits per heavy atom. The Balaban J connectivity index is 1.37. The summed E-state index contributed by atoms with van der Waals surface area (Å²) in [5.74, 6) is -0.215. The molecule has 1 atom stereocenters. The number of nitriles is 1. The highest BCUT2D eigenvalue weighted by atomic mass is 32.1. The van der Waals surface area contributed by atoms with Gasteiger partial charge in [0, 0.05) is 35.6 Å². The number of benzene rings is 2. The normalized spacial score (nSPS) is 14.0. The average molecular weight is 462 g/mol. The van der Waals surface area contributed by atoms with Crippen LogP contribution in [0.2, 0.25) is 0 Å². The number of amides is 2. The molecule has 168 valence electrons. The average Bonchev–Trinajstić information content (AvgIpc) is 3.21. The third-order valence-electron chi connectivity index (χ3n) is 5.20. The second-order valence-corrected chi connectivity index (χ2v) is 8.88. The molecule has 3 aromatic rings. The first-order valence-electron chi connectivity index (χ1n) is 10.5. The minimum absolute atomic E-state index is 0.283. The van der Waals surface area contributed by atoms with Gasteiger partial charge in [-0.1, -0.05) is 6.07 Å². The largest absolute Gasteiger partial charge is 0.481 e. The molecule has 33 heavy (non-hydrogen) atoms. The van der Waals surface area contributed by atoms with Crippen molar-refractivity contribution in [1.82, 2.24) is 9.88 Å². The molecule has 0 radical (unpaired) electrons. The van der Waals surface area contributed by atoms with Crippen LogP contribution in [0.5, 0.6) is 5.75 Å².